The topological polar surface area (TPSA) is 121 Å². The molecule has 0 saturated heterocycles. The first-order valence-corrected chi connectivity index (χ1v) is 5.97. The first kappa shape index (κ1) is 19.0. The Morgan fingerprint density at radius 1 is 1.28 bits per heavy atom. The Morgan fingerprint density at radius 2 is 1.67 bits per heavy atom. The predicted octanol–water partition coefficient (Wildman–Crippen LogP) is 0.0337. The van der Waals surface area contributed by atoms with Crippen molar-refractivity contribution >= 4 is 22.0 Å². The van der Waals surface area contributed by atoms with Crippen molar-refractivity contribution in [2.24, 2.45) is 0 Å². The number of halogens is 3. The zero-order valence-corrected chi connectivity index (χ0v) is 10.0. The molecule has 18 heavy (non-hydrogen) atoms. The molecule has 0 aromatic heterocycles. The molecule has 0 unspecified atom stereocenters. The number of rotatable bonds is 4. The molecule has 0 bridgehead atoms. The Kier molecular flexibility index (Phi) is 8.30. The number of amides is 1. The summed E-state index contributed by atoms with van der Waals surface area (Å²) in [5.74, 6) is -3.28. The van der Waals surface area contributed by atoms with Gasteiger partial charge in [-0.15, -0.1) is 0 Å². The summed E-state index contributed by atoms with van der Waals surface area (Å²) in [5, 5.41) is 9.53. The summed E-state index contributed by atoms with van der Waals surface area (Å²) in [6, 6.07) is 0. The summed E-state index contributed by atoms with van der Waals surface area (Å²) >= 11 is 0. The predicted molar refractivity (Wildman–Crippen MR) is 53.4 cm³/mol. The number of nitrogens with one attached hydrogen (secondary N) is 1. The average molecular weight is 295 g/mol. The highest BCUT2D eigenvalue weighted by Crippen LogP contribution is 2.13. The van der Waals surface area contributed by atoms with E-state index in [1.54, 1.807) is 0 Å². The molecule has 0 aromatic rings. The van der Waals surface area contributed by atoms with E-state index in [0.29, 0.717) is 0 Å². The lowest BCUT2D eigenvalue weighted by Gasteiger charge is -1.98. The molecular weight excluding hydrogens is 283 g/mol. The molecule has 0 rings (SSSR count). The van der Waals surface area contributed by atoms with E-state index in [1.165, 1.54) is 6.92 Å². The number of carbonyl (C=O) groups excluding carboxylic acids is 1. The van der Waals surface area contributed by atoms with E-state index < -0.39 is 22.3 Å². The number of alkyl halides is 3. The lowest BCUT2D eigenvalue weighted by Crippen LogP contribution is -2.22. The zero-order valence-electron chi connectivity index (χ0n) is 9.19. The second-order valence-corrected chi connectivity index (χ2v) is 4.50. The molecule has 108 valence electrons. The van der Waals surface area contributed by atoms with Crippen molar-refractivity contribution in [1.29, 1.82) is 0 Å². The highest BCUT2D eigenvalue weighted by Gasteiger charge is 2.38. The van der Waals surface area contributed by atoms with Crippen molar-refractivity contribution in [2.45, 2.75) is 19.5 Å². The minimum absolute atomic E-state index is 0.208. The van der Waals surface area contributed by atoms with Gasteiger partial charge in [-0.3, -0.25) is 9.35 Å². The van der Waals surface area contributed by atoms with Crippen LogP contribution in [-0.2, 0) is 19.7 Å². The number of carboxylic acid groups (broad SMARTS) is 1. The minimum Gasteiger partial charge on any atom is -0.475 e. The molecule has 0 radical (unpaired) electrons. The van der Waals surface area contributed by atoms with E-state index in [1.807, 2.05) is 0 Å². The number of hydrogen-bond donors (Lipinski definition) is 3. The summed E-state index contributed by atoms with van der Waals surface area (Å²) in [6.07, 6.45) is -4.85. The van der Waals surface area contributed by atoms with Crippen LogP contribution >= 0.6 is 0 Å². The fourth-order valence-corrected chi connectivity index (χ4v) is 1.03. The van der Waals surface area contributed by atoms with Gasteiger partial charge in [0.25, 0.3) is 10.1 Å². The van der Waals surface area contributed by atoms with Crippen molar-refractivity contribution in [2.75, 3.05) is 12.3 Å². The van der Waals surface area contributed by atoms with Crippen molar-refractivity contribution < 1.29 is 40.8 Å². The van der Waals surface area contributed by atoms with Crippen LogP contribution in [0.15, 0.2) is 0 Å². The molecule has 0 aliphatic carbocycles. The maximum Gasteiger partial charge on any atom is 0.490 e. The first-order chi connectivity index (χ1) is 7.86. The lowest BCUT2D eigenvalue weighted by atomic mass is 10.5. The van der Waals surface area contributed by atoms with Crippen molar-refractivity contribution in [3.8, 4) is 0 Å². The van der Waals surface area contributed by atoms with E-state index >= 15 is 0 Å². The van der Waals surface area contributed by atoms with Crippen LogP contribution in [0.5, 0.6) is 0 Å². The SMILES string of the molecule is CC(=O)NCCCS(=O)(=O)O.O=C(O)C(F)(F)F. The van der Waals surface area contributed by atoms with Gasteiger partial charge < -0.3 is 10.4 Å². The number of hydrogen-bond acceptors (Lipinski definition) is 4. The molecule has 0 heterocycles. The molecule has 0 aliphatic heterocycles. The third-order valence-electron chi connectivity index (χ3n) is 1.20. The van der Waals surface area contributed by atoms with Gasteiger partial charge >= 0.3 is 12.1 Å². The van der Waals surface area contributed by atoms with Gasteiger partial charge in [0.05, 0.1) is 5.75 Å². The van der Waals surface area contributed by atoms with Gasteiger partial charge in [-0.1, -0.05) is 0 Å². The largest absolute Gasteiger partial charge is 0.490 e. The Morgan fingerprint density at radius 3 is 1.89 bits per heavy atom. The Balaban J connectivity index is 0. The molecule has 0 aromatic carbocycles. The van der Waals surface area contributed by atoms with Gasteiger partial charge in [-0.05, 0) is 6.42 Å². The second-order valence-electron chi connectivity index (χ2n) is 2.93. The van der Waals surface area contributed by atoms with Crippen LogP contribution < -0.4 is 5.32 Å². The van der Waals surface area contributed by atoms with Crippen LogP contribution in [0.25, 0.3) is 0 Å². The highest BCUT2D eigenvalue weighted by atomic mass is 32.2. The van der Waals surface area contributed by atoms with E-state index in [4.69, 9.17) is 14.5 Å². The first-order valence-electron chi connectivity index (χ1n) is 4.36. The van der Waals surface area contributed by atoms with Crippen molar-refractivity contribution in [3.63, 3.8) is 0 Å². The van der Waals surface area contributed by atoms with E-state index in [-0.39, 0.29) is 24.6 Å². The smallest absolute Gasteiger partial charge is 0.475 e. The molecule has 1 amide bonds. The number of aliphatic carboxylic acids is 1. The number of carboxylic acids is 1. The monoisotopic (exact) mass is 295 g/mol. The summed E-state index contributed by atoms with van der Waals surface area (Å²) in [4.78, 5) is 19.1. The normalized spacial score (nSPS) is 11.2. The summed E-state index contributed by atoms with van der Waals surface area (Å²) in [6.45, 7) is 1.61. The molecule has 0 atom stereocenters. The molecule has 0 saturated carbocycles. The third kappa shape index (κ3) is 17.0. The highest BCUT2D eigenvalue weighted by molar-refractivity contribution is 7.85. The standard InChI is InChI=1S/C5H11NO4S.C2HF3O2/c1-5(7)6-3-2-4-11(8,9)10;3-2(4,5)1(6)7/h2-4H2,1H3,(H,6,7)(H,8,9,10);(H,6,7). The summed E-state index contributed by atoms with van der Waals surface area (Å²) in [5.41, 5.74) is 0. The fourth-order valence-electron chi connectivity index (χ4n) is 0.519. The fraction of sp³-hybridized carbons (Fsp3) is 0.714. The molecule has 11 heteroatoms. The molecule has 3 N–H and O–H groups in total. The van der Waals surface area contributed by atoms with Gasteiger partial charge in [0.2, 0.25) is 5.91 Å². The molecule has 0 fully saturated rings. The third-order valence-corrected chi connectivity index (χ3v) is 2.00. The van der Waals surface area contributed by atoms with Crippen LogP contribution in [0.2, 0.25) is 0 Å². The number of carbonyl (C=O) groups is 2. The van der Waals surface area contributed by atoms with E-state index in [9.17, 15) is 26.4 Å². The van der Waals surface area contributed by atoms with E-state index in [0.717, 1.165) is 0 Å². The van der Waals surface area contributed by atoms with Crippen molar-refractivity contribution in [1.82, 2.24) is 5.32 Å². The molecule has 7 nitrogen and oxygen atoms in total. The molecule has 0 spiro atoms. The van der Waals surface area contributed by atoms with Gasteiger partial charge in [-0.2, -0.15) is 21.6 Å². The average Bonchev–Trinajstić information content (AvgIpc) is 2.10. The Hall–Kier alpha value is -1.36. The molecule has 0 aliphatic rings. The van der Waals surface area contributed by atoms with E-state index in [2.05, 4.69) is 5.32 Å². The van der Waals surface area contributed by atoms with Gasteiger partial charge in [0.15, 0.2) is 0 Å². The maximum absolute atomic E-state index is 10.6. The minimum atomic E-state index is -5.08. The second kappa shape index (κ2) is 7.87. The van der Waals surface area contributed by atoms with Gasteiger partial charge in [0, 0.05) is 13.5 Å². The summed E-state index contributed by atoms with van der Waals surface area (Å²) in [7, 11) is -3.87. The summed E-state index contributed by atoms with van der Waals surface area (Å²) < 4.78 is 60.2. The van der Waals surface area contributed by atoms with Crippen LogP contribution in [0.4, 0.5) is 13.2 Å². The van der Waals surface area contributed by atoms with Crippen LogP contribution in [0.1, 0.15) is 13.3 Å². The molecular formula is C7H12F3NO6S. The van der Waals surface area contributed by atoms with Crippen LogP contribution in [-0.4, -0.2) is 48.4 Å². The zero-order chi connectivity index (χ0) is 15.0. The quantitative estimate of drug-likeness (QED) is 0.497. The van der Waals surface area contributed by atoms with Crippen LogP contribution in [0, 0.1) is 0 Å². The Labute approximate surface area is 101 Å². The maximum atomic E-state index is 10.6. The van der Waals surface area contributed by atoms with Crippen molar-refractivity contribution in [3.05, 3.63) is 0 Å². The van der Waals surface area contributed by atoms with Gasteiger partial charge in [-0.25, -0.2) is 4.79 Å². The Bertz CT molecular complexity index is 377. The lowest BCUT2D eigenvalue weighted by molar-refractivity contribution is -0.192. The van der Waals surface area contributed by atoms with Crippen LogP contribution in [0.3, 0.4) is 0 Å². The van der Waals surface area contributed by atoms with Gasteiger partial charge in [0.1, 0.15) is 0 Å².